The average molecular weight is 296 g/mol. The fraction of sp³-hybridized carbons (Fsp3) is 0.462. The molecule has 0 aliphatic carbocycles. The van der Waals surface area contributed by atoms with Crippen LogP contribution in [0, 0.1) is 6.92 Å². The summed E-state index contributed by atoms with van der Waals surface area (Å²) < 4.78 is 0. The Morgan fingerprint density at radius 1 is 1.35 bits per heavy atom. The molecule has 0 radical (unpaired) electrons. The van der Waals surface area contributed by atoms with Crippen molar-refractivity contribution in [2.24, 2.45) is 0 Å². The van der Waals surface area contributed by atoms with Gasteiger partial charge in [0, 0.05) is 5.69 Å². The van der Waals surface area contributed by atoms with Gasteiger partial charge in [-0.05, 0) is 19.4 Å². The molecule has 0 aliphatic rings. The second-order valence-electron chi connectivity index (χ2n) is 4.69. The van der Waals surface area contributed by atoms with Crippen LogP contribution in [0.2, 0.25) is 5.02 Å². The van der Waals surface area contributed by atoms with Gasteiger partial charge in [-0.2, -0.15) is 4.98 Å². The van der Waals surface area contributed by atoms with Crippen LogP contribution in [-0.4, -0.2) is 32.7 Å². The van der Waals surface area contributed by atoms with Crippen LogP contribution < -0.4 is 11.1 Å². The smallest absolute Gasteiger partial charge is 0.222 e. The SMILES string of the molecule is CCCC(CO)Nc1nc(N)nc2c(Cl)cc(C)nc12. The van der Waals surface area contributed by atoms with Gasteiger partial charge in [0.15, 0.2) is 5.82 Å². The number of rotatable bonds is 5. The lowest BCUT2D eigenvalue weighted by Crippen LogP contribution is -2.24. The Morgan fingerprint density at radius 3 is 2.75 bits per heavy atom. The summed E-state index contributed by atoms with van der Waals surface area (Å²) in [5.41, 5.74) is 7.57. The molecule has 2 aromatic heterocycles. The highest BCUT2D eigenvalue weighted by Crippen LogP contribution is 2.27. The Morgan fingerprint density at radius 2 is 2.10 bits per heavy atom. The number of pyridine rings is 1. The molecule has 1 unspecified atom stereocenters. The van der Waals surface area contributed by atoms with Crippen molar-refractivity contribution in [1.82, 2.24) is 15.0 Å². The first-order chi connectivity index (χ1) is 9.55. The van der Waals surface area contributed by atoms with Crippen molar-refractivity contribution in [2.45, 2.75) is 32.7 Å². The lowest BCUT2D eigenvalue weighted by molar-refractivity contribution is 0.268. The molecule has 2 aromatic rings. The van der Waals surface area contributed by atoms with E-state index >= 15 is 0 Å². The maximum absolute atomic E-state index is 9.39. The van der Waals surface area contributed by atoms with Crippen molar-refractivity contribution in [3.8, 4) is 0 Å². The molecular weight excluding hydrogens is 278 g/mol. The van der Waals surface area contributed by atoms with Crippen LogP contribution in [0.5, 0.6) is 0 Å². The number of hydrogen-bond acceptors (Lipinski definition) is 6. The quantitative estimate of drug-likeness (QED) is 0.782. The Balaban J connectivity index is 2.51. The van der Waals surface area contributed by atoms with Crippen LogP contribution in [0.4, 0.5) is 11.8 Å². The third kappa shape index (κ3) is 3.08. The van der Waals surface area contributed by atoms with Crippen molar-refractivity contribution in [3.63, 3.8) is 0 Å². The van der Waals surface area contributed by atoms with Gasteiger partial charge in [-0.3, -0.25) is 0 Å². The van der Waals surface area contributed by atoms with Crippen LogP contribution in [0.1, 0.15) is 25.5 Å². The molecule has 108 valence electrons. The summed E-state index contributed by atoms with van der Waals surface area (Å²) in [6.45, 7) is 3.91. The maximum atomic E-state index is 9.39. The maximum Gasteiger partial charge on any atom is 0.222 e. The van der Waals surface area contributed by atoms with E-state index in [9.17, 15) is 5.11 Å². The molecule has 6 nitrogen and oxygen atoms in total. The zero-order valence-electron chi connectivity index (χ0n) is 11.5. The highest BCUT2D eigenvalue weighted by molar-refractivity contribution is 6.35. The van der Waals surface area contributed by atoms with Crippen LogP contribution in [-0.2, 0) is 0 Å². The van der Waals surface area contributed by atoms with Gasteiger partial charge >= 0.3 is 0 Å². The lowest BCUT2D eigenvalue weighted by atomic mass is 10.2. The Hall–Kier alpha value is -1.66. The number of nitrogen functional groups attached to an aromatic ring is 1. The number of nitrogens with two attached hydrogens (primary N) is 1. The molecule has 0 spiro atoms. The normalized spacial score (nSPS) is 12.6. The first-order valence-corrected chi connectivity index (χ1v) is 6.90. The lowest BCUT2D eigenvalue weighted by Gasteiger charge is -2.17. The number of anilines is 2. The zero-order chi connectivity index (χ0) is 14.7. The largest absolute Gasteiger partial charge is 0.394 e. The van der Waals surface area contributed by atoms with Crippen molar-refractivity contribution in [1.29, 1.82) is 0 Å². The molecule has 0 bridgehead atoms. The van der Waals surface area contributed by atoms with E-state index in [1.54, 1.807) is 6.07 Å². The Kier molecular flexibility index (Phi) is 4.57. The number of hydrogen-bond donors (Lipinski definition) is 3. The monoisotopic (exact) mass is 295 g/mol. The van der Waals surface area contributed by atoms with E-state index in [0.29, 0.717) is 21.9 Å². The zero-order valence-corrected chi connectivity index (χ0v) is 12.3. The number of nitrogens with one attached hydrogen (secondary N) is 1. The van der Waals surface area contributed by atoms with E-state index in [1.807, 2.05) is 6.92 Å². The molecule has 7 heteroatoms. The molecule has 0 aromatic carbocycles. The van der Waals surface area contributed by atoms with E-state index in [2.05, 4.69) is 27.2 Å². The van der Waals surface area contributed by atoms with E-state index in [-0.39, 0.29) is 18.6 Å². The molecule has 0 fully saturated rings. The predicted molar refractivity (Wildman–Crippen MR) is 80.9 cm³/mol. The summed E-state index contributed by atoms with van der Waals surface area (Å²) in [6.07, 6.45) is 1.77. The predicted octanol–water partition coefficient (Wildman–Crippen LogP) is 2.14. The minimum absolute atomic E-state index is 0.0127. The fourth-order valence-corrected chi connectivity index (χ4v) is 2.35. The standard InChI is InChI=1S/C13H18ClN5O/c1-3-4-8(6-20)17-12-11-10(18-13(15)19-12)9(14)5-7(2)16-11/h5,8,20H,3-4,6H2,1-2H3,(H3,15,17,18,19). The number of aryl methyl sites for hydroxylation is 1. The molecule has 0 saturated heterocycles. The molecule has 20 heavy (non-hydrogen) atoms. The highest BCUT2D eigenvalue weighted by Gasteiger charge is 2.14. The number of aliphatic hydroxyl groups is 1. The van der Waals surface area contributed by atoms with E-state index in [0.717, 1.165) is 18.5 Å². The molecule has 4 N–H and O–H groups in total. The number of fused-ring (bicyclic) bond motifs is 1. The second kappa shape index (κ2) is 6.19. The third-order valence-corrected chi connectivity index (χ3v) is 3.24. The summed E-state index contributed by atoms with van der Waals surface area (Å²) in [4.78, 5) is 12.7. The van der Waals surface area contributed by atoms with Crippen molar-refractivity contribution in [2.75, 3.05) is 17.7 Å². The van der Waals surface area contributed by atoms with Crippen LogP contribution in [0.15, 0.2) is 6.07 Å². The van der Waals surface area contributed by atoms with Gasteiger partial charge in [-0.1, -0.05) is 24.9 Å². The second-order valence-corrected chi connectivity index (χ2v) is 5.09. The summed E-state index contributed by atoms with van der Waals surface area (Å²) >= 11 is 6.17. The van der Waals surface area contributed by atoms with Gasteiger partial charge in [0.05, 0.1) is 17.7 Å². The number of nitrogens with zero attached hydrogens (tertiary/aromatic N) is 3. The summed E-state index contributed by atoms with van der Waals surface area (Å²) in [5.74, 6) is 0.631. The number of aliphatic hydroxyl groups excluding tert-OH is 1. The van der Waals surface area contributed by atoms with Crippen LogP contribution in [0.3, 0.4) is 0 Å². The summed E-state index contributed by atoms with van der Waals surface area (Å²) in [6, 6.07) is 1.63. The minimum Gasteiger partial charge on any atom is -0.394 e. The summed E-state index contributed by atoms with van der Waals surface area (Å²) in [5, 5.41) is 13.0. The Labute approximate surface area is 122 Å². The molecule has 1 atom stereocenters. The first-order valence-electron chi connectivity index (χ1n) is 6.53. The van der Waals surface area contributed by atoms with Gasteiger partial charge in [0.1, 0.15) is 11.0 Å². The Bertz CT molecular complexity index is 619. The van der Waals surface area contributed by atoms with Crippen LogP contribution >= 0.6 is 11.6 Å². The van der Waals surface area contributed by atoms with Crippen molar-refractivity contribution < 1.29 is 5.11 Å². The number of halogens is 1. The molecule has 0 aliphatic heterocycles. The summed E-state index contributed by atoms with van der Waals surface area (Å²) in [7, 11) is 0. The van der Waals surface area contributed by atoms with Gasteiger partial charge in [-0.25, -0.2) is 9.97 Å². The van der Waals surface area contributed by atoms with E-state index < -0.39 is 0 Å². The highest BCUT2D eigenvalue weighted by atomic mass is 35.5. The van der Waals surface area contributed by atoms with Gasteiger partial charge < -0.3 is 16.2 Å². The molecule has 2 heterocycles. The minimum atomic E-state index is -0.0985. The first kappa shape index (κ1) is 14.7. The topological polar surface area (TPSA) is 97.0 Å². The van der Waals surface area contributed by atoms with E-state index in [4.69, 9.17) is 17.3 Å². The van der Waals surface area contributed by atoms with Gasteiger partial charge in [0.25, 0.3) is 0 Å². The molecule has 2 rings (SSSR count). The van der Waals surface area contributed by atoms with E-state index in [1.165, 1.54) is 0 Å². The third-order valence-electron chi connectivity index (χ3n) is 2.95. The van der Waals surface area contributed by atoms with Crippen molar-refractivity contribution >= 4 is 34.4 Å². The fourth-order valence-electron chi connectivity index (χ4n) is 2.06. The van der Waals surface area contributed by atoms with Gasteiger partial charge in [-0.15, -0.1) is 0 Å². The van der Waals surface area contributed by atoms with Gasteiger partial charge in [0.2, 0.25) is 5.95 Å². The van der Waals surface area contributed by atoms with Crippen LogP contribution in [0.25, 0.3) is 11.0 Å². The molecule has 0 saturated carbocycles. The molecule has 0 amide bonds. The number of aromatic nitrogens is 3. The van der Waals surface area contributed by atoms with Crippen molar-refractivity contribution in [3.05, 3.63) is 16.8 Å². The average Bonchev–Trinajstić information content (AvgIpc) is 2.39. The molecular formula is C13H18ClN5O.